The van der Waals surface area contributed by atoms with Gasteiger partial charge in [-0.25, -0.2) is 0 Å². The van der Waals surface area contributed by atoms with Crippen LogP contribution >= 0.6 is 0 Å². The SMILES string of the molecule is CC(C)C(C)C[N+]1(Cc2ccccc2)CCCC1. The minimum absolute atomic E-state index is 0.802. The van der Waals surface area contributed by atoms with Crippen LogP contribution in [0.25, 0.3) is 0 Å². The number of hydrogen-bond acceptors (Lipinski definition) is 0. The van der Waals surface area contributed by atoms with Crippen molar-refractivity contribution in [3.8, 4) is 0 Å². The maximum absolute atomic E-state index is 2.42. The summed E-state index contributed by atoms with van der Waals surface area (Å²) in [5, 5.41) is 0. The third-order valence-electron chi connectivity index (χ3n) is 4.69. The van der Waals surface area contributed by atoms with Crippen molar-refractivity contribution in [2.75, 3.05) is 19.6 Å². The van der Waals surface area contributed by atoms with Crippen LogP contribution < -0.4 is 0 Å². The van der Waals surface area contributed by atoms with Gasteiger partial charge in [0.1, 0.15) is 6.54 Å². The zero-order valence-electron chi connectivity index (χ0n) is 12.2. The molecular formula is C17H28N+. The van der Waals surface area contributed by atoms with Gasteiger partial charge < -0.3 is 4.48 Å². The average Bonchev–Trinajstić information content (AvgIpc) is 2.78. The van der Waals surface area contributed by atoms with Crippen molar-refractivity contribution in [3.63, 3.8) is 0 Å². The van der Waals surface area contributed by atoms with Crippen molar-refractivity contribution >= 4 is 0 Å². The third kappa shape index (κ3) is 3.35. The molecule has 1 aliphatic rings. The van der Waals surface area contributed by atoms with E-state index in [4.69, 9.17) is 0 Å². The van der Waals surface area contributed by atoms with Gasteiger partial charge in [-0.3, -0.25) is 0 Å². The summed E-state index contributed by atoms with van der Waals surface area (Å²) in [6.45, 7) is 12.5. The molecule has 0 spiro atoms. The van der Waals surface area contributed by atoms with Crippen LogP contribution in [0.15, 0.2) is 30.3 Å². The molecule has 2 rings (SSSR count). The lowest BCUT2D eigenvalue weighted by molar-refractivity contribution is -0.933. The number of hydrogen-bond donors (Lipinski definition) is 0. The van der Waals surface area contributed by atoms with Gasteiger partial charge >= 0.3 is 0 Å². The number of rotatable bonds is 5. The predicted molar refractivity (Wildman–Crippen MR) is 78.2 cm³/mol. The van der Waals surface area contributed by atoms with Crippen molar-refractivity contribution < 1.29 is 4.48 Å². The van der Waals surface area contributed by atoms with E-state index in [0.29, 0.717) is 0 Å². The van der Waals surface area contributed by atoms with Crippen molar-refractivity contribution in [2.45, 2.75) is 40.2 Å². The van der Waals surface area contributed by atoms with Gasteiger partial charge in [0.25, 0.3) is 0 Å². The number of likely N-dealkylation sites (tertiary alicyclic amines) is 1. The molecule has 0 N–H and O–H groups in total. The van der Waals surface area contributed by atoms with Gasteiger partial charge in [0.05, 0.1) is 19.6 Å². The molecule has 0 aromatic heterocycles. The first kappa shape index (κ1) is 13.6. The Balaban J connectivity index is 2.07. The maximum Gasteiger partial charge on any atom is 0.104 e. The average molecular weight is 246 g/mol. The smallest absolute Gasteiger partial charge is 0.104 e. The monoisotopic (exact) mass is 246 g/mol. The zero-order chi connectivity index (χ0) is 13.0. The molecule has 1 heteroatoms. The van der Waals surface area contributed by atoms with Crippen LogP contribution in [-0.4, -0.2) is 24.1 Å². The van der Waals surface area contributed by atoms with Crippen molar-refractivity contribution in [1.82, 2.24) is 0 Å². The summed E-state index contributed by atoms with van der Waals surface area (Å²) in [7, 11) is 0. The quantitative estimate of drug-likeness (QED) is 0.687. The summed E-state index contributed by atoms with van der Waals surface area (Å²) in [5.74, 6) is 1.63. The number of benzene rings is 1. The molecule has 100 valence electrons. The third-order valence-corrected chi connectivity index (χ3v) is 4.69. The fraction of sp³-hybridized carbons (Fsp3) is 0.647. The van der Waals surface area contributed by atoms with Crippen LogP contribution in [0.5, 0.6) is 0 Å². The first-order valence-corrected chi connectivity index (χ1v) is 7.50. The van der Waals surface area contributed by atoms with Gasteiger partial charge in [-0.05, 0) is 5.92 Å². The van der Waals surface area contributed by atoms with Gasteiger partial charge in [0.2, 0.25) is 0 Å². The lowest BCUT2D eigenvalue weighted by atomic mass is 9.96. The zero-order valence-corrected chi connectivity index (χ0v) is 12.2. The standard InChI is InChI=1S/C17H28N/c1-15(2)16(3)13-18(11-7-8-12-18)14-17-9-5-4-6-10-17/h4-6,9-10,15-16H,7-8,11-14H2,1-3H3/q+1. The molecule has 0 radical (unpaired) electrons. The Bertz CT molecular complexity index is 349. The Hall–Kier alpha value is -0.820. The molecule has 0 saturated carbocycles. The largest absolute Gasteiger partial charge is 0.320 e. The van der Waals surface area contributed by atoms with Gasteiger partial charge in [-0.1, -0.05) is 51.1 Å². The van der Waals surface area contributed by atoms with Gasteiger partial charge in [0.15, 0.2) is 0 Å². The summed E-state index contributed by atoms with van der Waals surface area (Å²) < 4.78 is 1.32. The van der Waals surface area contributed by atoms with Crippen molar-refractivity contribution in [1.29, 1.82) is 0 Å². The Kier molecular flexibility index (Phi) is 4.45. The fourth-order valence-corrected chi connectivity index (χ4v) is 3.20. The van der Waals surface area contributed by atoms with Crippen LogP contribution in [0.4, 0.5) is 0 Å². The first-order chi connectivity index (χ1) is 8.61. The lowest BCUT2D eigenvalue weighted by Crippen LogP contribution is -2.48. The topological polar surface area (TPSA) is 0 Å². The predicted octanol–water partition coefficient (Wildman–Crippen LogP) is 4.09. The Morgan fingerprint density at radius 1 is 1.00 bits per heavy atom. The minimum Gasteiger partial charge on any atom is -0.320 e. The maximum atomic E-state index is 2.42. The van der Waals surface area contributed by atoms with E-state index in [1.54, 1.807) is 0 Å². The van der Waals surface area contributed by atoms with Crippen LogP contribution in [0.1, 0.15) is 39.2 Å². The molecule has 0 amide bonds. The van der Waals surface area contributed by atoms with Crippen LogP contribution in [0.3, 0.4) is 0 Å². The normalized spacial score (nSPS) is 20.2. The van der Waals surface area contributed by atoms with Gasteiger partial charge in [0, 0.05) is 24.3 Å². The summed E-state index contributed by atoms with van der Waals surface area (Å²) >= 11 is 0. The molecule has 1 fully saturated rings. The molecule has 1 unspecified atom stereocenters. The number of quaternary nitrogens is 1. The molecule has 1 nitrogen and oxygen atoms in total. The molecule has 18 heavy (non-hydrogen) atoms. The van der Waals surface area contributed by atoms with Crippen LogP contribution in [-0.2, 0) is 6.54 Å². The second kappa shape index (κ2) is 5.88. The summed E-state index contributed by atoms with van der Waals surface area (Å²) in [6, 6.07) is 11.0. The van der Waals surface area contributed by atoms with E-state index >= 15 is 0 Å². The first-order valence-electron chi connectivity index (χ1n) is 7.50. The highest BCUT2D eigenvalue weighted by Crippen LogP contribution is 2.27. The Labute approximate surface area is 112 Å². The second-order valence-corrected chi connectivity index (χ2v) is 6.54. The summed E-state index contributed by atoms with van der Waals surface area (Å²) in [6.07, 6.45) is 2.83. The second-order valence-electron chi connectivity index (χ2n) is 6.54. The van der Waals surface area contributed by atoms with Crippen molar-refractivity contribution in [2.24, 2.45) is 11.8 Å². The van der Waals surface area contributed by atoms with Gasteiger partial charge in [-0.2, -0.15) is 0 Å². The van der Waals surface area contributed by atoms with E-state index in [1.807, 2.05) is 0 Å². The van der Waals surface area contributed by atoms with Crippen LogP contribution in [0, 0.1) is 11.8 Å². The Morgan fingerprint density at radius 2 is 1.61 bits per heavy atom. The highest BCUT2D eigenvalue weighted by atomic mass is 15.4. The lowest BCUT2D eigenvalue weighted by Gasteiger charge is -2.37. The molecule has 0 aliphatic carbocycles. The molecule has 1 saturated heterocycles. The van der Waals surface area contributed by atoms with Crippen molar-refractivity contribution in [3.05, 3.63) is 35.9 Å². The van der Waals surface area contributed by atoms with E-state index in [1.165, 1.54) is 49.1 Å². The highest BCUT2D eigenvalue weighted by Gasteiger charge is 2.34. The molecule has 1 heterocycles. The molecule has 1 atom stereocenters. The van der Waals surface area contributed by atoms with E-state index in [9.17, 15) is 0 Å². The van der Waals surface area contributed by atoms with E-state index in [2.05, 4.69) is 51.1 Å². The van der Waals surface area contributed by atoms with E-state index in [-0.39, 0.29) is 0 Å². The fourth-order valence-electron chi connectivity index (χ4n) is 3.20. The summed E-state index contributed by atoms with van der Waals surface area (Å²) in [5.41, 5.74) is 1.51. The Morgan fingerprint density at radius 3 is 2.17 bits per heavy atom. The minimum atomic E-state index is 0.802. The number of nitrogens with zero attached hydrogens (tertiary/aromatic N) is 1. The van der Waals surface area contributed by atoms with E-state index in [0.717, 1.165) is 11.8 Å². The molecule has 1 aliphatic heterocycles. The van der Waals surface area contributed by atoms with Crippen LogP contribution in [0.2, 0.25) is 0 Å². The molecule has 0 bridgehead atoms. The summed E-state index contributed by atoms with van der Waals surface area (Å²) in [4.78, 5) is 0. The molecule has 1 aromatic carbocycles. The highest BCUT2D eigenvalue weighted by molar-refractivity contribution is 5.13. The molecular weight excluding hydrogens is 218 g/mol. The van der Waals surface area contributed by atoms with Gasteiger partial charge in [-0.15, -0.1) is 0 Å². The van der Waals surface area contributed by atoms with E-state index < -0.39 is 0 Å². The molecule has 1 aromatic rings.